The molecule has 1 aliphatic rings. The van der Waals surface area contributed by atoms with Crippen LogP contribution in [0.2, 0.25) is 10.0 Å². The molecule has 0 amide bonds. The van der Waals surface area contributed by atoms with Crippen LogP contribution in [0.1, 0.15) is 23.6 Å². The molecule has 0 aliphatic heterocycles. The number of fused-ring (bicyclic) bond motifs is 1. The average Bonchev–Trinajstić information content (AvgIpc) is 2.76. The van der Waals surface area contributed by atoms with Crippen molar-refractivity contribution in [3.63, 3.8) is 0 Å². The Morgan fingerprint density at radius 1 is 1.11 bits per heavy atom. The van der Waals surface area contributed by atoms with Gasteiger partial charge in [-0.2, -0.15) is 0 Å². The van der Waals surface area contributed by atoms with Gasteiger partial charge in [0.05, 0.1) is 16.8 Å². The summed E-state index contributed by atoms with van der Waals surface area (Å²) >= 11 is 12.1. The highest BCUT2D eigenvalue weighted by Gasteiger charge is 2.23. The summed E-state index contributed by atoms with van der Waals surface area (Å²) in [5.74, 6) is -0.291. The molecule has 3 rings (SSSR count). The largest absolute Gasteiger partial charge is 0.377 e. The molecule has 0 aromatic heterocycles. The van der Waals surface area contributed by atoms with Gasteiger partial charge in [0.2, 0.25) is 0 Å². The maximum absolute atomic E-state index is 13.3. The Labute approximate surface area is 121 Å². The SMILES string of the molecule is Fc1ccc(Cl)c(NC2CCc3cc(Cl)ccc32)c1. The lowest BCUT2D eigenvalue weighted by atomic mass is 10.1. The summed E-state index contributed by atoms with van der Waals surface area (Å²) in [6.45, 7) is 0. The fraction of sp³-hybridized carbons (Fsp3) is 0.200. The highest BCUT2D eigenvalue weighted by Crippen LogP contribution is 2.36. The van der Waals surface area contributed by atoms with Crippen molar-refractivity contribution >= 4 is 28.9 Å². The first-order chi connectivity index (χ1) is 9.13. The molecule has 4 heteroatoms. The third kappa shape index (κ3) is 2.56. The summed E-state index contributed by atoms with van der Waals surface area (Å²) in [6.07, 6.45) is 1.93. The van der Waals surface area contributed by atoms with Gasteiger partial charge in [-0.15, -0.1) is 0 Å². The highest BCUT2D eigenvalue weighted by molar-refractivity contribution is 6.33. The van der Waals surface area contributed by atoms with Crippen molar-refractivity contribution < 1.29 is 4.39 Å². The van der Waals surface area contributed by atoms with Crippen molar-refractivity contribution in [2.75, 3.05) is 5.32 Å². The van der Waals surface area contributed by atoms with Crippen LogP contribution in [-0.4, -0.2) is 0 Å². The number of rotatable bonds is 2. The van der Waals surface area contributed by atoms with E-state index in [9.17, 15) is 4.39 Å². The van der Waals surface area contributed by atoms with Crippen molar-refractivity contribution in [1.29, 1.82) is 0 Å². The number of halogens is 3. The number of anilines is 1. The molecule has 0 heterocycles. The Bertz CT molecular complexity index is 628. The van der Waals surface area contributed by atoms with Crippen molar-refractivity contribution in [2.24, 2.45) is 0 Å². The molecule has 1 N–H and O–H groups in total. The second kappa shape index (κ2) is 5.03. The minimum atomic E-state index is -0.291. The molecule has 19 heavy (non-hydrogen) atoms. The molecular weight excluding hydrogens is 284 g/mol. The Kier molecular flexibility index (Phi) is 3.38. The van der Waals surface area contributed by atoms with Crippen LogP contribution >= 0.6 is 23.2 Å². The number of nitrogens with one attached hydrogen (secondary N) is 1. The van der Waals surface area contributed by atoms with E-state index in [1.54, 1.807) is 6.07 Å². The fourth-order valence-electron chi connectivity index (χ4n) is 2.53. The van der Waals surface area contributed by atoms with Crippen LogP contribution in [0.15, 0.2) is 36.4 Å². The van der Waals surface area contributed by atoms with Crippen LogP contribution in [0, 0.1) is 5.82 Å². The molecule has 0 radical (unpaired) electrons. The van der Waals surface area contributed by atoms with Gasteiger partial charge in [0.1, 0.15) is 5.82 Å². The number of benzene rings is 2. The zero-order valence-corrected chi connectivity index (χ0v) is 11.6. The van der Waals surface area contributed by atoms with E-state index in [0.717, 1.165) is 17.9 Å². The van der Waals surface area contributed by atoms with Crippen LogP contribution in [0.4, 0.5) is 10.1 Å². The summed E-state index contributed by atoms with van der Waals surface area (Å²) in [5.41, 5.74) is 3.09. The lowest BCUT2D eigenvalue weighted by Gasteiger charge is -2.16. The molecule has 0 saturated carbocycles. The normalized spacial score (nSPS) is 17.3. The fourth-order valence-corrected chi connectivity index (χ4v) is 2.90. The summed E-state index contributed by atoms with van der Waals surface area (Å²) in [7, 11) is 0. The molecule has 0 saturated heterocycles. The maximum atomic E-state index is 13.3. The van der Waals surface area contributed by atoms with Gasteiger partial charge in [0.15, 0.2) is 0 Å². The van der Waals surface area contributed by atoms with Gasteiger partial charge in [0.25, 0.3) is 0 Å². The summed E-state index contributed by atoms with van der Waals surface area (Å²) in [6, 6.07) is 10.4. The van der Waals surface area contributed by atoms with E-state index in [1.165, 1.54) is 23.3 Å². The van der Waals surface area contributed by atoms with Crippen molar-refractivity contribution in [3.8, 4) is 0 Å². The zero-order chi connectivity index (χ0) is 13.4. The topological polar surface area (TPSA) is 12.0 Å². The lowest BCUT2D eigenvalue weighted by Crippen LogP contribution is -2.07. The van der Waals surface area contributed by atoms with Crippen LogP contribution < -0.4 is 5.32 Å². The van der Waals surface area contributed by atoms with Gasteiger partial charge in [-0.25, -0.2) is 4.39 Å². The molecule has 0 bridgehead atoms. The minimum Gasteiger partial charge on any atom is -0.377 e. The van der Waals surface area contributed by atoms with Gasteiger partial charge in [0, 0.05) is 5.02 Å². The van der Waals surface area contributed by atoms with Gasteiger partial charge < -0.3 is 5.32 Å². The van der Waals surface area contributed by atoms with E-state index >= 15 is 0 Å². The standard InChI is InChI=1S/C15H12Cl2FN/c16-10-2-4-12-9(7-10)1-6-14(12)19-15-8-11(18)3-5-13(15)17/h2-5,7-8,14,19H,1,6H2. The van der Waals surface area contributed by atoms with Crippen LogP contribution in [0.25, 0.3) is 0 Å². The Hall–Kier alpha value is -1.25. The second-order valence-electron chi connectivity index (χ2n) is 4.70. The molecule has 0 spiro atoms. The highest BCUT2D eigenvalue weighted by atomic mass is 35.5. The molecule has 2 aromatic carbocycles. The third-order valence-corrected chi connectivity index (χ3v) is 4.01. The second-order valence-corrected chi connectivity index (χ2v) is 5.55. The van der Waals surface area contributed by atoms with Crippen LogP contribution in [0.5, 0.6) is 0 Å². The lowest BCUT2D eigenvalue weighted by molar-refractivity contribution is 0.627. The van der Waals surface area contributed by atoms with E-state index in [-0.39, 0.29) is 11.9 Å². The molecule has 1 nitrogen and oxygen atoms in total. The number of aryl methyl sites for hydroxylation is 1. The van der Waals surface area contributed by atoms with Gasteiger partial charge in [-0.05, 0) is 54.3 Å². The maximum Gasteiger partial charge on any atom is 0.125 e. The quantitative estimate of drug-likeness (QED) is 0.800. The number of hydrogen-bond donors (Lipinski definition) is 1. The van der Waals surface area contributed by atoms with Gasteiger partial charge in [-0.1, -0.05) is 29.3 Å². The molecule has 98 valence electrons. The van der Waals surface area contributed by atoms with Crippen LogP contribution in [-0.2, 0) is 6.42 Å². The summed E-state index contributed by atoms with van der Waals surface area (Å²) in [5, 5.41) is 4.59. The predicted octanol–water partition coefficient (Wildman–Crippen LogP) is 5.23. The van der Waals surface area contributed by atoms with E-state index < -0.39 is 0 Å². The molecule has 1 unspecified atom stereocenters. The van der Waals surface area contributed by atoms with E-state index in [2.05, 4.69) is 5.32 Å². The first kappa shape index (κ1) is 12.8. The zero-order valence-electron chi connectivity index (χ0n) is 10.1. The minimum absolute atomic E-state index is 0.159. The average molecular weight is 296 g/mol. The summed E-state index contributed by atoms with van der Waals surface area (Å²) < 4.78 is 13.3. The Morgan fingerprint density at radius 3 is 2.79 bits per heavy atom. The Balaban J connectivity index is 1.88. The van der Waals surface area contributed by atoms with E-state index in [4.69, 9.17) is 23.2 Å². The summed E-state index contributed by atoms with van der Waals surface area (Å²) in [4.78, 5) is 0. The van der Waals surface area contributed by atoms with E-state index in [1.807, 2.05) is 18.2 Å². The molecule has 0 fully saturated rings. The molecule has 1 atom stereocenters. The molecule has 2 aromatic rings. The molecule has 1 aliphatic carbocycles. The first-order valence-corrected chi connectivity index (χ1v) is 6.89. The van der Waals surface area contributed by atoms with Crippen molar-refractivity contribution in [3.05, 3.63) is 63.4 Å². The van der Waals surface area contributed by atoms with Gasteiger partial charge >= 0.3 is 0 Å². The smallest absolute Gasteiger partial charge is 0.125 e. The third-order valence-electron chi connectivity index (χ3n) is 3.44. The molecular formula is C15H12Cl2FN. The van der Waals surface area contributed by atoms with E-state index in [0.29, 0.717) is 10.7 Å². The number of hydrogen-bond acceptors (Lipinski definition) is 1. The Morgan fingerprint density at radius 2 is 1.95 bits per heavy atom. The van der Waals surface area contributed by atoms with Gasteiger partial charge in [-0.3, -0.25) is 0 Å². The predicted molar refractivity (Wildman–Crippen MR) is 77.5 cm³/mol. The van der Waals surface area contributed by atoms with Crippen LogP contribution in [0.3, 0.4) is 0 Å². The monoisotopic (exact) mass is 295 g/mol. The van der Waals surface area contributed by atoms with Crippen molar-refractivity contribution in [1.82, 2.24) is 0 Å². The van der Waals surface area contributed by atoms with Crippen molar-refractivity contribution in [2.45, 2.75) is 18.9 Å². The first-order valence-electron chi connectivity index (χ1n) is 6.13.